The first-order valence-electron chi connectivity index (χ1n) is 6.34. The zero-order valence-corrected chi connectivity index (χ0v) is 13.8. The fourth-order valence-corrected chi connectivity index (χ4v) is 2.90. The minimum Gasteiger partial charge on any atom is -0.350 e. The maximum absolute atomic E-state index is 12.1. The lowest BCUT2D eigenvalue weighted by Gasteiger charge is -2.20. The van der Waals surface area contributed by atoms with Gasteiger partial charge in [0.05, 0.1) is 11.4 Å². The fraction of sp³-hybridized carbons (Fsp3) is 0.462. The van der Waals surface area contributed by atoms with E-state index in [1.54, 1.807) is 6.07 Å². The molecule has 1 aromatic rings. The number of hydrogen-bond donors (Lipinski definition) is 3. The van der Waals surface area contributed by atoms with Crippen molar-refractivity contribution in [1.29, 1.82) is 0 Å². The highest BCUT2D eigenvalue weighted by Gasteiger charge is 2.19. The third kappa shape index (κ3) is 5.62. The number of hydrogen-bond acceptors (Lipinski definition) is 4. The summed E-state index contributed by atoms with van der Waals surface area (Å²) in [5, 5.41) is 2.94. The van der Waals surface area contributed by atoms with Gasteiger partial charge in [-0.25, -0.2) is 13.1 Å². The Balaban J connectivity index is 2.78. The van der Waals surface area contributed by atoms with E-state index in [4.69, 9.17) is 17.3 Å². The molecule has 118 valence electrons. The summed E-state index contributed by atoms with van der Waals surface area (Å²) in [6, 6.07) is 4.26. The molecule has 0 radical (unpaired) electrons. The Morgan fingerprint density at radius 2 is 1.95 bits per heavy atom. The van der Waals surface area contributed by atoms with Crippen molar-refractivity contribution in [3.05, 3.63) is 28.8 Å². The van der Waals surface area contributed by atoms with E-state index < -0.39 is 21.5 Å². The van der Waals surface area contributed by atoms with Crippen LogP contribution in [-0.4, -0.2) is 26.4 Å². The molecule has 0 saturated heterocycles. The largest absolute Gasteiger partial charge is 0.350 e. The van der Waals surface area contributed by atoms with E-state index in [-0.39, 0.29) is 23.0 Å². The smallest absolute Gasteiger partial charge is 0.241 e. The summed E-state index contributed by atoms with van der Waals surface area (Å²) in [6.07, 6.45) is 0. The predicted molar refractivity (Wildman–Crippen MR) is 82.4 cm³/mol. The van der Waals surface area contributed by atoms with Crippen LogP contribution in [0.4, 0.5) is 0 Å². The van der Waals surface area contributed by atoms with Gasteiger partial charge >= 0.3 is 0 Å². The second kappa shape index (κ2) is 6.74. The maximum Gasteiger partial charge on any atom is 0.241 e. The molecule has 0 atom stereocenters. The first kappa shape index (κ1) is 17.9. The van der Waals surface area contributed by atoms with Gasteiger partial charge in [-0.1, -0.05) is 17.7 Å². The van der Waals surface area contributed by atoms with Crippen LogP contribution < -0.4 is 15.8 Å². The van der Waals surface area contributed by atoms with E-state index in [1.165, 1.54) is 12.1 Å². The summed E-state index contributed by atoms with van der Waals surface area (Å²) in [5.41, 5.74) is 5.70. The van der Waals surface area contributed by atoms with Gasteiger partial charge in [-0.15, -0.1) is 0 Å². The molecule has 0 bridgehead atoms. The molecule has 0 aliphatic rings. The Bertz CT molecular complexity index is 624. The lowest BCUT2D eigenvalue weighted by Crippen LogP contribution is -2.45. The Morgan fingerprint density at radius 1 is 1.33 bits per heavy atom. The van der Waals surface area contributed by atoms with Crippen LogP contribution in [0.5, 0.6) is 0 Å². The molecule has 21 heavy (non-hydrogen) atoms. The molecule has 0 saturated carbocycles. The van der Waals surface area contributed by atoms with E-state index in [1.807, 2.05) is 20.8 Å². The van der Waals surface area contributed by atoms with Crippen molar-refractivity contribution in [2.45, 2.75) is 37.8 Å². The van der Waals surface area contributed by atoms with Crippen molar-refractivity contribution in [1.82, 2.24) is 10.0 Å². The van der Waals surface area contributed by atoms with Crippen molar-refractivity contribution in [3.63, 3.8) is 0 Å². The summed E-state index contributed by atoms with van der Waals surface area (Å²) in [7, 11) is -3.79. The number of amides is 1. The third-order valence-electron chi connectivity index (χ3n) is 2.49. The maximum atomic E-state index is 12.1. The lowest BCUT2D eigenvalue weighted by atomic mass is 10.1. The predicted octanol–water partition coefficient (Wildman–Crippen LogP) is 0.992. The Kier molecular flexibility index (Phi) is 5.75. The molecular formula is C13H20ClN3O3S. The van der Waals surface area contributed by atoms with Gasteiger partial charge in [-0.05, 0) is 38.5 Å². The van der Waals surface area contributed by atoms with Gasteiger partial charge in [0.15, 0.2) is 0 Å². The minimum absolute atomic E-state index is 0.00624. The minimum atomic E-state index is -3.79. The van der Waals surface area contributed by atoms with Crippen molar-refractivity contribution in [2.24, 2.45) is 5.73 Å². The van der Waals surface area contributed by atoms with E-state index in [0.717, 1.165) is 0 Å². The van der Waals surface area contributed by atoms with Crippen LogP contribution in [0.2, 0.25) is 5.02 Å². The molecule has 0 fully saturated rings. The molecule has 1 aromatic carbocycles. The van der Waals surface area contributed by atoms with Crippen LogP contribution in [0.25, 0.3) is 0 Å². The second-order valence-corrected chi connectivity index (χ2v) is 7.75. The normalized spacial score (nSPS) is 12.2. The van der Waals surface area contributed by atoms with Crippen LogP contribution in [-0.2, 0) is 21.4 Å². The van der Waals surface area contributed by atoms with Gasteiger partial charge in [0.2, 0.25) is 15.9 Å². The highest BCUT2D eigenvalue weighted by Crippen LogP contribution is 2.20. The summed E-state index contributed by atoms with van der Waals surface area (Å²) in [6.45, 7) is 5.32. The van der Waals surface area contributed by atoms with E-state index in [0.29, 0.717) is 5.56 Å². The number of nitrogens with one attached hydrogen (secondary N) is 2. The zero-order chi connectivity index (χ0) is 16.3. The highest BCUT2D eigenvalue weighted by atomic mass is 35.5. The molecule has 0 aliphatic carbocycles. The number of carbonyl (C=O) groups excluding carboxylic acids is 1. The van der Waals surface area contributed by atoms with Crippen molar-refractivity contribution < 1.29 is 13.2 Å². The van der Waals surface area contributed by atoms with Crippen LogP contribution in [0.1, 0.15) is 26.3 Å². The number of benzene rings is 1. The SMILES string of the molecule is CC(C)(C)NC(=O)CNS(=O)(=O)c1ccc(CN)c(Cl)c1. The molecule has 1 amide bonds. The lowest BCUT2D eigenvalue weighted by molar-refractivity contribution is -0.121. The number of rotatable bonds is 5. The summed E-state index contributed by atoms with van der Waals surface area (Å²) in [4.78, 5) is 11.6. The molecule has 1 rings (SSSR count). The Morgan fingerprint density at radius 3 is 2.43 bits per heavy atom. The average molecular weight is 334 g/mol. The van der Waals surface area contributed by atoms with Crippen molar-refractivity contribution in [2.75, 3.05) is 6.54 Å². The quantitative estimate of drug-likeness (QED) is 0.748. The Hall–Kier alpha value is -1.15. The molecule has 6 nitrogen and oxygen atoms in total. The van der Waals surface area contributed by atoms with E-state index in [2.05, 4.69) is 10.0 Å². The molecule has 0 heterocycles. The average Bonchev–Trinajstić information content (AvgIpc) is 2.34. The van der Waals surface area contributed by atoms with Gasteiger partial charge in [0.25, 0.3) is 0 Å². The zero-order valence-electron chi connectivity index (χ0n) is 12.2. The van der Waals surface area contributed by atoms with Gasteiger partial charge in [-0.3, -0.25) is 4.79 Å². The van der Waals surface area contributed by atoms with Crippen LogP contribution in [0.3, 0.4) is 0 Å². The molecule has 0 spiro atoms. The number of nitrogens with two attached hydrogens (primary N) is 1. The first-order chi connectivity index (χ1) is 9.55. The molecule has 4 N–H and O–H groups in total. The van der Waals surface area contributed by atoms with E-state index >= 15 is 0 Å². The molecule has 0 aliphatic heterocycles. The van der Waals surface area contributed by atoms with Crippen LogP contribution in [0, 0.1) is 0 Å². The van der Waals surface area contributed by atoms with Gasteiger partial charge < -0.3 is 11.1 Å². The van der Waals surface area contributed by atoms with Crippen LogP contribution >= 0.6 is 11.6 Å². The number of sulfonamides is 1. The number of carbonyl (C=O) groups is 1. The van der Waals surface area contributed by atoms with Gasteiger partial charge in [0.1, 0.15) is 0 Å². The van der Waals surface area contributed by atoms with Gasteiger partial charge in [0, 0.05) is 17.1 Å². The standard InChI is InChI=1S/C13H20ClN3O3S/c1-13(2,3)17-12(18)8-16-21(19,20)10-5-4-9(7-15)11(14)6-10/h4-6,16H,7-8,15H2,1-3H3,(H,17,18). The van der Waals surface area contributed by atoms with Crippen molar-refractivity contribution >= 4 is 27.5 Å². The first-order valence-corrected chi connectivity index (χ1v) is 8.20. The molecule has 8 heteroatoms. The van der Waals surface area contributed by atoms with Crippen molar-refractivity contribution in [3.8, 4) is 0 Å². The molecule has 0 unspecified atom stereocenters. The summed E-state index contributed by atoms with van der Waals surface area (Å²) < 4.78 is 26.4. The van der Waals surface area contributed by atoms with Gasteiger partial charge in [-0.2, -0.15) is 0 Å². The highest BCUT2D eigenvalue weighted by molar-refractivity contribution is 7.89. The second-order valence-electron chi connectivity index (χ2n) is 5.58. The monoisotopic (exact) mass is 333 g/mol. The van der Waals surface area contributed by atoms with E-state index in [9.17, 15) is 13.2 Å². The third-order valence-corrected chi connectivity index (χ3v) is 4.24. The summed E-state index contributed by atoms with van der Waals surface area (Å²) >= 11 is 5.93. The van der Waals surface area contributed by atoms with Crippen LogP contribution in [0.15, 0.2) is 23.1 Å². The molecule has 0 aromatic heterocycles. The summed E-state index contributed by atoms with van der Waals surface area (Å²) in [5.74, 6) is -0.407. The Labute approximate surface area is 130 Å². The number of halogens is 1. The topological polar surface area (TPSA) is 101 Å². The fourth-order valence-electron chi connectivity index (χ4n) is 1.57. The molecular weight excluding hydrogens is 314 g/mol.